The lowest BCUT2D eigenvalue weighted by molar-refractivity contribution is 0.133. The van der Waals surface area contributed by atoms with Gasteiger partial charge in [-0.25, -0.2) is 0 Å². The SMILES string of the molecule is Cn1cc(CNCC2CCCCC2CO)nn1. The summed E-state index contributed by atoms with van der Waals surface area (Å²) in [7, 11) is 1.87. The molecule has 0 aliphatic heterocycles. The molecular formula is C12H22N4O. The van der Waals surface area contributed by atoms with Crippen molar-refractivity contribution >= 4 is 0 Å². The minimum absolute atomic E-state index is 0.331. The smallest absolute Gasteiger partial charge is 0.0964 e. The highest BCUT2D eigenvalue weighted by molar-refractivity contribution is 4.91. The predicted octanol–water partition coefficient (Wildman–Crippen LogP) is 0.703. The first kappa shape index (κ1) is 12.5. The predicted molar refractivity (Wildman–Crippen MR) is 65.2 cm³/mol. The molecule has 0 saturated heterocycles. The van der Waals surface area contributed by atoms with Gasteiger partial charge in [-0.1, -0.05) is 18.1 Å². The van der Waals surface area contributed by atoms with E-state index in [9.17, 15) is 5.11 Å². The molecule has 1 aliphatic carbocycles. The lowest BCUT2D eigenvalue weighted by Gasteiger charge is -2.30. The molecule has 1 saturated carbocycles. The minimum Gasteiger partial charge on any atom is -0.396 e. The number of nitrogens with one attached hydrogen (secondary N) is 1. The van der Waals surface area contributed by atoms with Crippen molar-refractivity contribution < 1.29 is 5.11 Å². The van der Waals surface area contributed by atoms with E-state index >= 15 is 0 Å². The van der Waals surface area contributed by atoms with Gasteiger partial charge in [-0.05, 0) is 31.2 Å². The first-order chi connectivity index (χ1) is 8.29. The molecule has 1 fully saturated rings. The summed E-state index contributed by atoms with van der Waals surface area (Å²) in [5, 5.41) is 20.7. The van der Waals surface area contributed by atoms with Gasteiger partial charge in [-0.3, -0.25) is 4.68 Å². The topological polar surface area (TPSA) is 63.0 Å². The third-order valence-electron chi connectivity index (χ3n) is 3.66. The van der Waals surface area contributed by atoms with Gasteiger partial charge in [0.25, 0.3) is 0 Å². The molecule has 2 N–H and O–H groups in total. The molecule has 0 bridgehead atoms. The second-order valence-electron chi connectivity index (χ2n) is 5.00. The molecule has 1 aliphatic rings. The maximum atomic E-state index is 9.33. The molecule has 17 heavy (non-hydrogen) atoms. The number of aliphatic hydroxyl groups excluding tert-OH is 1. The van der Waals surface area contributed by atoms with E-state index in [2.05, 4.69) is 15.6 Å². The van der Waals surface area contributed by atoms with E-state index in [0.29, 0.717) is 18.4 Å². The summed E-state index contributed by atoms with van der Waals surface area (Å²) in [6, 6.07) is 0. The molecule has 5 heteroatoms. The van der Waals surface area contributed by atoms with Gasteiger partial charge in [0.15, 0.2) is 0 Å². The van der Waals surface area contributed by atoms with Crippen molar-refractivity contribution in [1.82, 2.24) is 20.3 Å². The van der Waals surface area contributed by atoms with Crippen LogP contribution in [0.4, 0.5) is 0 Å². The molecule has 5 nitrogen and oxygen atoms in total. The van der Waals surface area contributed by atoms with Gasteiger partial charge in [0.1, 0.15) is 0 Å². The third kappa shape index (κ3) is 3.51. The van der Waals surface area contributed by atoms with Crippen LogP contribution in [-0.2, 0) is 13.6 Å². The van der Waals surface area contributed by atoms with Crippen LogP contribution in [0.5, 0.6) is 0 Å². The highest BCUT2D eigenvalue weighted by Crippen LogP contribution is 2.29. The molecule has 0 spiro atoms. The van der Waals surface area contributed by atoms with Crippen molar-refractivity contribution in [3.05, 3.63) is 11.9 Å². The van der Waals surface area contributed by atoms with E-state index in [0.717, 1.165) is 18.8 Å². The fourth-order valence-electron chi connectivity index (χ4n) is 2.66. The van der Waals surface area contributed by atoms with E-state index in [1.807, 2.05) is 13.2 Å². The van der Waals surface area contributed by atoms with Crippen molar-refractivity contribution in [3.63, 3.8) is 0 Å². The van der Waals surface area contributed by atoms with E-state index in [1.165, 1.54) is 25.7 Å². The lowest BCUT2D eigenvalue weighted by Crippen LogP contribution is -2.32. The summed E-state index contributed by atoms with van der Waals surface area (Å²) in [6.45, 7) is 2.07. The average molecular weight is 238 g/mol. The van der Waals surface area contributed by atoms with Crippen molar-refractivity contribution in [1.29, 1.82) is 0 Å². The number of hydrogen-bond acceptors (Lipinski definition) is 4. The third-order valence-corrected chi connectivity index (χ3v) is 3.66. The Morgan fingerprint density at radius 2 is 2.18 bits per heavy atom. The molecule has 2 unspecified atom stereocenters. The summed E-state index contributed by atoms with van der Waals surface area (Å²) in [4.78, 5) is 0. The van der Waals surface area contributed by atoms with Crippen LogP contribution in [0.25, 0.3) is 0 Å². The number of aryl methyl sites for hydroxylation is 1. The molecule has 96 valence electrons. The highest BCUT2D eigenvalue weighted by atomic mass is 16.3. The Bertz CT molecular complexity index is 339. The number of rotatable bonds is 5. The summed E-state index contributed by atoms with van der Waals surface area (Å²) >= 11 is 0. The second kappa shape index (κ2) is 6.12. The van der Waals surface area contributed by atoms with Crippen molar-refractivity contribution in [3.8, 4) is 0 Å². The maximum absolute atomic E-state index is 9.33. The Morgan fingerprint density at radius 1 is 1.41 bits per heavy atom. The Hall–Kier alpha value is -0.940. The molecular weight excluding hydrogens is 216 g/mol. The second-order valence-corrected chi connectivity index (χ2v) is 5.00. The first-order valence-corrected chi connectivity index (χ1v) is 6.46. The number of nitrogens with zero attached hydrogens (tertiary/aromatic N) is 3. The molecule has 2 rings (SSSR count). The Kier molecular flexibility index (Phi) is 4.50. The lowest BCUT2D eigenvalue weighted by atomic mass is 9.79. The van der Waals surface area contributed by atoms with E-state index in [1.54, 1.807) is 4.68 Å². The molecule has 0 radical (unpaired) electrons. The first-order valence-electron chi connectivity index (χ1n) is 6.46. The van der Waals surface area contributed by atoms with Crippen LogP contribution in [0, 0.1) is 11.8 Å². The van der Waals surface area contributed by atoms with Gasteiger partial charge in [0.2, 0.25) is 0 Å². The van der Waals surface area contributed by atoms with Gasteiger partial charge < -0.3 is 10.4 Å². The largest absolute Gasteiger partial charge is 0.396 e. The van der Waals surface area contributed by atoms with Crippen LogP contribution in [-0.4, -0.2) is 33.3 Å². The van der Waals surface area contributed by atoms with Crippen LogP contribution in [0.2, 0.25) is 0 Å². The Morgan fingerprint density at radius 3 is 2.82 bits per heavy atom. The highest BCUT2D eigenvalue weighted by Gasteiger charge is 2.23. The van der Waals surface area contributed by atoms with Gasteiger partial charge >= 0.3 is 0 Å². The van der Waals surface area contributed by atoms with Gasteiger partial charge in [0.05, 0.1) is 5.69 Å². The Balaban J connectivity index is 1.73. The van der Waals surface area contributed by atoms with E-state index in [-0.39, 0.29) is 0 Å². The van der Waals surface area contributed by atoms with Gasteiger partial charge in [-0.15, -0.1) is 5.10 Å². The van der Waals surface area contributed by atoms with Crippen LogP contribution < -0.4 is 5.32 Å². The normalized spacial score (nSPS) is 25.1. The van der Waals surface area contributed by atoms with E-state index in [4.69, 9.17) is 0 Å². The summed E-state index contributed by atoms with van der Waals surface area (Å²) < 4.78 is 1.72. The molecule has 0 amide bonds. The molecule has 1 heterocycles. The summed E-state index contributed by atoms with van der Waals surface area (Å²) in [5.74, 6) is 1.10. The quantitative estimate of drug-likeness (QED) is 0.793. The molecule has 1 aromatic rings. The Labute approximate surface area is 102 Å². The fraction of sp³-hybridized carbons (Fsp3) is 0.833. The minimum atomic E-state index is 0.331. The number of hydrogen-bond donors (Lipinski definition) is 2. The number of aliphatic hydroxyl groups is 1. The van der Waals surface area contributed by atoms with Crippen LogP contribution in [0.15, 0.2) is 6.20 Å². The van der Waals surface area contributed by atoms with Crippen molar-refractivity contribution in [2.24, 2.45) is 18.9 Å². The maximum Gasteiger partial charge on any atom is 0.0964 e. The number of aromatic nitrogens is 3. The van der Waals surface area contributed by atoms with Crippen molar-refractivity contribution in [2.75, 3.05) is 13.2 Å². The van der Waals surface area contributed by atoms with Crippen LogP contribution in [0.3, 0.4) is 0 Å². The summed E-state index contributed by atoms with van der Waals surface area (Å²) in [5.41, 5.74) is 0.976. The molecule has 0 aromatic carbocycles. The molecule has 2 atom stereocenters. The zero-order chi connectivity index (χ0) is 12.1. The fourth-order valence-corrected chi connectivity index (χ4v) is 2.66. The zero-order valence-electron chi connectivity index (χ0n) is 10.5. The van der Waals surface area contributed by atoms with Gasteiger partial charge in [-0.2, -0.15) is 0 Å². The standard InChI is InChI=1S/C12H22N4O/c1-16-8-12(14-15-16)7-13-6-10-4-2-3-5-11(10)9-17/h8,10-11,13,17H,2-7,9H2,1H3. The van der Waals surface area contributed by atoms with E-state index < -0.39 is 0 Å². The molecule has 1 aromatic heterocycles. The zero-order valence-corrected chi connectivity index (χ0v) is 10.5. The monoisotopic (exact) mass is 238 g/mol. The summed E-state index contributed by atoms with van der Waals surface area (Å²) in [6.07, 6.45) is 6.91. The van der Waals surface area contributed by atoms with Gasteiger partial charge in [0, 0.05) is 26.4 Å². The van der Waals surface area contributed by atoms with Crippen LogP contribution >= 0.6 is 0 Å². The van der Waals surface area contributed by atoms with Crippen molar-refractivity contribution in [2.45, 2.75) is 32.2 Å². The van der Waals surface area contributed by atoms with Crippen LogP contribution in [0.1, 0.15) is 31.4 Å². The average Bonchev–Trinajstić information content (AvgIpc) is 2.76.